The van der Waals surface area contributed by atoms with Crippen LogP contribution < -0.4 is 0 Å². The highest BCUT2D eigenvalue weighted by Crippen LogP contribution is 2.19. The van der Waals surface area contributed by atoms with Crippen LogP contribution >= 0.6 is 12.6 Å². The minimum atomic E-state index is -0.0833. The van der Waals surface area contributed by atoms with Gasteiger partial charge in [0, 0.05) is 0 Å². The number of rotatable bonds is 2. The molecule has 0 fully saturated rings. The lowest BCUT2D eigenvalue weighted by Gasteiger charge is -1.95. The summed E-state index contributed by atoms with van der Waals surface area (Å²) in [6.45, 7) is 3.55. The Labute approximate surface area is 59.8 Å². The second-order valence-corrected chi connectivity index (χ2v) is 2.18. The average Bonchev–Trinajstić information content (AvgIpc) is 2.37. The highest BCUT2D eigenvalue weighted by molar-refractivity contribution is 7.80. The van der Waals surface area contributed by atoms with Gasteiger partial charge in [-0.1, -0.05) is 18.7 Å². The molecule has 2 heteroatoms. The van der Waals surface area contributed by atoms with Crippen molar-refractivity contribution >= 4 is 12.6 Å². The highest BCUT2D eigenvalue weighted by Gasteiger charge is 2.02. The van der Waals surface area contributed by atoms with Crippen molar-refractivity contribution in [1.29, 1.82) is 0 Å². The smallest absolute Gasteiger partial charge is 0.121 e. The van der Waals surface area contributed by atoms with Crippen molar-refractivity contribution in [2.45, 2.75) is 5.25 Å². The summed E-state index contributed by atoms with van der Waals surface area (Å²) in [7, 11) is 0. The highest BCUT2D eigenvalue weighted by atomic mass is 32.1. The summed E-state index contributed by atoms with van der Waals surface area (Å²) in [4.78, 5) is 0. The lowest BCUT2D eigenvalue weighted by Crippen LogP contribution is -1.78. The van der Waals surface area contributed by atoms with Gasteiger partial charge < -0.3 is 4.42 Å². The van der Waals surface area contributed by atoms with Crippen molar-refractivity contribution in [3.63, 3.8) is 0 Å². The molecule has 0 saturated carbocycles. The van der Waals surface area contributed by atoms with Gasteiger partial charge in [0.15, 0.2) is 0 Å². The van der Waals surface area contributed by atoms with Crippen LogP contribution in [0.15, 0.2) is 35.5 Å². The largest absolute Gasteiger partial charge is 0.468 e. The van der Waals surface area contributed by atoms with Crippen LogP contribution in [0.1, 0.15) is 11.0 Å². The summed E-state index contributed by atoms with van der Waals surface area (Å²) in [6.07, 6.45) is 3.28. The van der Waals surface area contributed by atoms with E-state index in [1.165, 1.54) is 0 Å². The van der Waals surface area contributed by atoms with Crippen molar-refractivity contribution in [1.82, 2.24) is 0 Å². The van der Waals surface area contributed by atoms with E-state index in [1.807, 2.05) is 12.1 Å². The lowest BCUT2D eigenvalue weighted by molar-refractivity contribution is 0.521. The summed E-state index contributed by atoms with van der Waals surface area (Å²) in [5, 5.41) is -0.0833. The van der Waals surface area contributed by atoms with Gasteiger partial charge >= 0.3 is 0 Å². The van der Waals surface area contributed by atoms with Gasteiger partial charge in [-0.05, 0) is 12.1 Å². The molecule has 0 amide bonds. The minimum absolute atomic E-state index is 0.0833. The van der Waals surface area contributed by atoms with Crippen LogP contribution in [0.5, 0.6) is 0 Å². The van der Waals surface area contributed by atoms with Crippen LogP contribution in [0, 0.1) is 0 Å². The second kappa shape index (κ2) is 2.78. The van der Waals surface area contributed by atoms with Crippen LogP contribution in [0.2, 0.25) is 0 Å². The zero-order valence-corrected chi connectivity index (χ0v) is 5.73. The molecule has 0 aliphatic carbocycles. The predicted molar refractivity (Wildman–Crippen MR) is 39.2 cm³/mol. The Morgan fingerprint density at radius 3 is 3.00 bits per heavy atom. The molecule has 1 aromatic rings. The average molecular weight is 139 g/mol. The zero-order chi connectivity index (χ0) is 6.69. The molecule has 0 N–H and O–H groups in total. The summed E-state index contributed by atoms with van der Waals surface area (Å²) in [5.74, 6) is 0.792. The number of hydrogen-bond donors (Lipinski definition) is 0. The molecule has 1 heterocycles. The molecule has 0 spiro atoms. The van der Waals surface area contributed by atoms with Gasteiger partial charge in [-0.2, -0.15) is 0 Å². The maximum atomic E-state index is 5.01. The molecule has 9 heavy (non-hydrogen) atoms. The Balaban J connectivity index is 2.76. The van der Waals surface area contributed by atoms with Gasteiger partial charge in [0.05, 0.1) is 11.5 Å². The molecule has 0 aliphatic heterocycles. The van der Waals surface area contributed by atoms with Crippen molar-refractivity contribution in [2.75, 3.05) is 0 Å². The maximum Gasteiger partial charge on any atom is 0.121 e. The topological polar surface area (TPSA) is 13.1 Å². The molecule has 0 aliphatic rings. The van der Waals surface area contributed by atoms with Gasteiger partial charge in [-0.3, -0.25) is 0 Å². The molecular formula is C7H7OS. The van der Waals surface area contributed by atoms with E-state index < -0.39 is 0 Å². The quantitative estimate of drug-likeness (QED) is 0.574. The van der Waals surface area contributed by atoms with Crippen molar-refractivity contribution in [3.8, 4) is 0 Å². The Morgan fingerprint density at radius 1 is 1.78 bits per heavy atom. The summed E-state index contributed by atoms with van der Waals surface area (Å²) < 4.78 is 5.01. The first-order chi connectivity index (χ1) is 4.34. The van der Waals surface area contributed by atoms with E-state index in [0.717, 1.165) is 5.76 Å². The fourth-order valence-corrected chi connectivity index (χ4v) is 0.703. The molecular weight excluding hydrogens is 132 g/mol. The molecule has 0 saturated heterocycles. The molecule has 1 nitrogen and oxygen atoms in total. The van der Waals surface area contributed by atoms with Crippen molar-refractivity contribution in [3.05, 3.63) is 36.8 Å². The molecule has 47 valence electrons. The molecule has 1 rings (SSSR count). The monoisotopic (exact) mass is 139 g/mol. The van der Waals surface area contributed by atoms with Gasteiger partial charge in [0.1, 0.15) is 5.76 Å². The van der Waals surface area contributed by atoms with E-state index in [0.29, 0.717) is 0 Å². The summed E-state index contributed by atoms with van der Waals surface area (Å²) >= 11 is 4.95. The van der Waals surface area contributed by atoms with E-state index in [9.17, 15) is 0 Å². The number of furan rings is 1. The third-order valence-corrected chi connectivity index (χ3v) is 1.46. The lowest BCUT2D eigenvalue weighted by atomic mass is 10.3. The summed E-state index contributed by atoms with van der Waals surface area (Å²) in [5.41, 5.74) is 0. The predicted octanol–water partition coefficient (Wildman–Crippen LogP) is 2.70. The van der Waals surface area contributed by atoms with Crippen molar-refractivity contribution < 1.29 is 4.42 Å². The molecule has 1 radical (unpaired) electrons. The fourth-order valence-electron chi connectivity index (χ4n) is 0.569. The van der Waals surface area contributed by atoms with Crippen molar-refractivity contribution in [2.24, 2.45) is 0 Å². The maximum absolute atomic E-state index is 5.01. The van der Waals surface area contributed by atoms with Crippen LogP contribution in [-0.2, 0) is 0 Å². The normalized spacial score (nSPS) is 13.0. The second-order valence-electron chi connectivity index (χ2n) is 1.67. The Morgan fingerprint density at radius 2 is 2.56 bits per heavy atom. The number of hydrogen-bond acceptors (Lipinski definition) is 1. The first-order valence-electron chi connectivity index (χ1n) is 2.66. The summed E-state index contributed by atoms with van der Waals surface area (Å²) in [6, 6.07) is 3.66. The Hall–Kier alpha value is -0.630. The third kappa shape index (κ3) is 1.39. The third-order valence-electron chi connectivity index (χ3n) is 1.04. The van der Waals surface area contributed by atoms with Crippen LogP contribution in [0.4, 0.5) is 0 Å². The first kappa shape index (κ1) is 6.49. The Bertz CT molecular complexity index is 179. The molecule has 1 atom stereocenters. The molecule has 0 aromatic carbocycles. The van der Waals surface area contributed by atoms with E-state index in [4.69, 9.17) is 17.0 Å². The van der Waals surface area contributed by atoms with Gasteiger partial charge in [0.25, 0.3) is 0 Å². The SMILES string of the molecule is C=CC([S])c1ccco1. The molecule has 1 unspecified atom stereocenters. The van der Waals surface area contributed by atoms with E-state index >= 15 is 0 Å². The molecule has 0 bridgehead atoms. The molecule has 1 aromatic heterocycles. The standard InChI is InChI=1S/C7H7OS/c1-2-7(9)6-4-3-5-8-6/h2-5,7H,1H2. The Kier molecular flexibility index (Phi) is 2.01. The van der Waals surface area contributed by atoms with Gasteiger partial charge in [0.2, 0.25) is 0 Å². The minimum Gasteiger partial charge on any atom is -0.468 e. The van der Waals surface area contributed by atoms with Crippen LogP contribution in [0.25, 0.3) is 0 Å². The van der Waals surface area contributed by atoms with Crippen LogP contribution in [-0.4, -0.2) is 0 Å². The van der Waals surface area contributed by atoms with E-state index in [1.54, 1.807) is 12.3 Å². The van der Waals surface area contributed by atoms with E-state index in [2.05, 4.69) is 6.58 Å². The van der Waals surface area contributed by atoms with E-state index in [-0.39, 0.29) is 5.25 Å². The van der Waals surface area contributed by atoms with Crippen LogP contribution in [0.3, 0.4) is 0 Å². The van der Waals surface area contributed by atoms with Gasteiger partial charge in [-0.15, -0.1) is 6.58 Å². The fraction of sp³-hybridized carbons (Fsp3) is 0.143. The van der Waals surface area contributed by atoms with Gasteiger partial charge in [-0.25, -0.2) is 0 Å². The first-order valence-corrected chi connectivity index (χ1v) is 3.13. The zero-order valence-electron chi connectivity index (χ0n) is 4.91.